The molecule has 132 valence electrons. The van der Waals surface area contributed by atoms with Crippen LogP contribution in [0, 0.1) is 34.5 Å². The number of aliphatic hydroxyl groups is 2. The number of nitrogens with one attached hydrogen (secondary N) is 1. The Hall–Kier alpha value is -0.120. The second-order valence-electron chi connectivity index (χ2n) is 10.8. The Morgan fingerprint density at radius 1 is 0.652 bits per heavy atom. The van der Waals surface area contributed by atoms with Gasteiger partial charge in [-0.05, 0) is 74.0 Å². The van der Waals surface area contributed by atoms with Crippen LogP contribution in [0.3, 0.4) is 0 Å². The van der Waals surface area contributed by atoms with Gasteiger partial charge in [-0.25, -0.2) is 0 Å². The number of hydrogen-bond donors (Lipinski definition) is 3. The molecule has 3 heteroatoms. The van der Waals surface area contributed by atoms with E-state index in [-0.39, 0.29) is 22.9 Å². The number of fused-ring (bicyclic) bond motifs is 4. The van der Waals surface area contributed by atoms with Gasteiger partial charge in [-0.1, -0.05) is 27.7 Å². The summed E-state index contributed by atoms with van der Waals surface area (Å²) < 4.78 is 0. The SMILES string of the molecule is CC1(C)[C@@H]2C[C@@H](N[C@@H]3C[C@@H]4C[C@@H](C4(C)C)[C@]3(C)O)[C@@](C)(O)[C@H]1C2. The normalized spacial score (nSPS) is 59.0. The molecule has 0 unspecified atom stereocenters. The van der Waals surface area contributed by atoms with E-state index in [0.717, 1.165) is 25.7 Å². The van der Waals surface area contributed by atoms with Gasteiger partial charge in [-0.3, -0.25) is 0 Å². The minimum Gasteiger partial charge on any atom is -0.388 e. The van der Waals surface area contributed by atoms with Crippen molar-refractivity contribution < 1.29 is 10.2 Å². The van der Waals surface area contributed by atoms with E-state index in [1.165, 1.54) is 0 Å². The van der Waals surface area contributed by atoms with Crippen molar-refractivity contribution in [1.82, 2.24) is 5.32 Å². The molecule has 3 N–H and O–H groups in total. The molecule has 0 heterocycles. The molecule has 0 aromatic rings. The first-order valence-corrected chi connectivity index (χ1v) is 9.60. The number of rotatable bonds is 2. The fourth-order valence-electron chi connectivity index (χ4n) is 7.06. The maximum atomic E-state index is 11.2. The summed E-state index contributed by atoms with van der Waals surface area (Å²) in [5, 5.41) is 26.2. The topological polar surface area (TPSA) is 52.5 Å². The minimum absolute atomic E-state index is 0.122. The highest BCUT2D eigenvalue weighted by molar-refractivity contribution is 5.18. The first-order chi connectivity index (χ1) is 10.4. The van der Waals surface area contributed by atoms with Crippen LogP contribution in [0.4, 0.5) is 0 Å². The van der Waals surface area contributed by atoms with Crippen molar-refractivity contribution >= 4 is 0 Å². The average molecular weight is 322 g/mol. The van der Waals surface area contributed by atoms with Crippen molar-refractivity contribution in [3.8, 4) is 0 Å². The van der Waals surface area contributed by atoms with Crippen molar-refractivity contribution in [1.29, 1.82) is 0 Å². The lowest BCUT2D eigenvalue weighted by Gasteiger charge is -2.68. The van der Waals surface area contributed by atoms with Crippen LogP contribution in [0.5, 0.6) is 0 Å². The molecular formula is C20H35NO2. The molecule has 6 fully saturated rings. The van der Waals surface area contributed by atoms with Gasteiger partial charge in [-0.15, -0.1) is 0 Å². The Bertz CT molecular complexity index is 476. The first kappa shape index (κ1) is 16.4. The Balaban J connectivity index is 1.52. The fourth-order valence-corrected chi connectivity index (χ4v) is 7.06. The zero-order chi connectivity index (χ0) is 17.0. The molecule has 0 aromatic heterocycles. The molecule has 23 heavy (non-hydrogen) atoms. The van der Waals surface area contributed by atoms with E-state index >= 15 is 0 Å². The van der Waals surface area contributed by atoms with Crippen LogP contribution in [0.25, 0.3) is 0 Å². The van der Waals surface area contributed by atoms with Crippen molar-refractivity contribution in [3.63, 3.8) is 0 Å². The summed E-state index contributed by atoms with van der Waals surface area (Å²) in [7, 11) is 0. The van der Waals surface area contributed by atoms with Crippen molar-refractivity contribution in [2.45, 2.75) is 90.5 Å². The molecule has 0 aliphatic heterocycles. The van der Waals surface area contributed by atoms with E-state index in [4.69, 9.17) is 0 Å². The van der Waals surface area contributed by atoms with Crippen molar-refractivity contribution in [2.24, 2.45) is 34.5 Å². The molecule has 6 aliphatic carbocycles. The van der Waals surface area contributed by atoms with Gasteiger partial charge in [0.2, 0.25) is 0 Å². The van der Waals surface area contributed by atoms with Crippen molar-refractivity contribution in [3.05, 3.63) is 0 Å². The fraction of sp³-hybridized carbons (Fsp3) is 1.00. The van der Waals surface area contributed by atoms with E-state index in [0.29, 0.717) is 23.7 Å². The van der Waals surface area contributed by atoms with E-state index in [1.54, 1.807) is 0 Å². The van der Waals surface area contributed by atoms with Gasteiger partial charge in [0, 0.05) is 12.1 Å². The minimum atomic E-state index is -0.661. The lowest BCUT2D eigenvalue weighted by Crippen LogP contribution is -2.75. The maximum Gasteiger partial charge on any atom is 0.0805 e. The predicted octanol–water partition coefficient (Wildman–Crippen LogP) is 2.95. The van der Waals surface area contributed by atoms with Crippen LogP contribution in [0.1, 0.15) is 67.2 Å². The van der Waals surface area contributed by atoms with Gasteiger partial charge in [0.1, 0.15) is 0 Å². The molecule has 0 saturated heterocycles. The third kappa shape index (κ3) is 1.88. The summed E-state index contributed by atoms with van der Waals surface area (Å²) >= 11 is 0. The molecule has 6 aliphatic rings. The van der Waals surface area contributed by atoms with Crippen LogP contribution in [0.2, 0.25) is 0 Å². The standard InChI is InChI=1S/C20H35NO2/c1-17(2)11-7-13(17)19(5,22)15(9-11)21-16-10-12-8-14(18(12,3)4)20(16,6)23/h11-16,21-23H,7-10H2,1-6H3/t11-,12-,13-,14-,15+,16+,19-,20-/m0/s1. The van der Waals surface area contributed by atoms with E-state index < -0.39 is 11.2 Å². The summed E-state index contributed by atoms with van der Waals surface area (Å²) in [6.07, 6.45) is 4.42. The Labute approximate surface area is 141 Å². The second kappa shape index (κ2) is 4.34. The zero-order valence-electron chi connectivity index (χ0n) is 15.7. The van der Waals surface area contributed by atoms with Crippen LogP contribution < -0.4 is 5.32 Å². The second-order valence-corrected chi connectivity index (χ2v) is 10.8. The summed E-state index contributed by atoms with van der Waals surface area (Å²) in [5.41, 5.74) is -0.793. The van der Waals surface area contributed by atoms with Crippen LogP contribution >= 0.6 is 0 Å². The third-order valence-electron chi connectivity index (χ3n) is 9.21. The summed E-state index contributed by atoms with van der Waals surface area (Å²) in [6.45, 7) is 13.3. The molecule has 3 nitrogen and oxygen atoms in total. The van der Waals surface area contributed by atoms with Crippen LogP contribution in [0.15, 0.2) is 0 Å². The molecule has 0 aromatic carbocycles. The molecule has 0 radical (unpaired) electrons. The Kier molecular flexibility index (Phi) is 3.09. The lowest BCUT2D eigenvalue weighted by molar-refractivity contribution is -0.234. The van der Waals surface area contributed by atoms with E-state index in [9.17, 15) is 10.2 Å². The molecular weight excluding hydrogens is 286 g/mol. The van der Waals surface area contributed by atoms with Crippen LogP contribution in [-0.4, -0.2) is 33.5 Å². The van der Waals surface area contributed by atoms with Gasteiger partial charge < -0.3 is 15.5 Å². The monoisotopic (exact) mass is 321 g/mol. The van der Waals surface area contributed by atoms with E-state index in [1.807, 2.05) is 13.8 Å². The van der Waals surface area contributed by atoms with Crippen LogP contribution in [-0.2, 0) is 0 Å². The Morgan fingerprint density at radius 3 is 1.26 bits per heavy atom. The van der Waals surface area contributed by atoms with Gasteiger partial charge in [-0.2, -0.15) is 0 Å². The quantitative estimate of drug-likeness (QED) is 0.733. The summed E-state index contributed by atoms with van der Waals surface area (Å²) in [6, 6.07) is 0.243. The van der Waals surface area contributed by atoms with Gasteiger partial charge in [0.05, 0.1) is 11.2 Å². The summed E-state index contributed by atoms with van der Waals surface area (Å²) in [4.78, 5) is 0. The third-order valence-corrected chi connectivity index (χ3v) is 9.21. The molecule has 0 spiro atoms. The zero-order valence-corrected chi connectivity index (χ0v) is 15.7. The highest BCUT2D eigenvalue weighted by atomic mass is 16.3. The van der Waals surface area contributed by atoms with Gasteiger partial charge in [0.25, 0.3) is 0 Å². The molecule has 6 rings (SSSR count). The highest BCUT2D eigenvalue weighted by Crippen LogP contribution is 2.65. The molecule has 8 atom stereocenters. The summed E-state index contributed by atoms with van der Waals surface area (Å²) in [5.74, 6) is 2.19. The smallest absolute Gasteiger partial charge is 0.0805 e. The Morgan fingerprint density at radius 2 is 1.00 bits per heavy atom. The lowest BCUT2D eigenvalue weighted by atomic mass is 9.42. The molecule has 6 saturated carbocycles. The average Bonchev–Trinajstić information content (AvgIpc) is 2.40. The van der Waals surface area contributed by atoms with Gasteiger partial charge >= 0.3 is 0 Å². The highest BCUT2D eigenvalue weighted by Gasteiger charge is 2.66. The molecule has 0 amide bonds. The molecule has 4 bridgehead atoms. The maximum absolute atomic E-state index is 11.2. The largest absolute Gasteiger partial charge is 0.388 e. The van der Waals surface area contributed by atoms with Crippen molar-refractivity contribution in [2.75, 3.05) is 0 Å². The van der Waals surface area contributed by atoms with E-state index in [2.05, 4.69) is 33.0 Å². The van der Waals surface area contributed by atoms with Gasteiger partial charge in [0.15, 0.2) is 0 Å². The number of hydrogen-bond acceptors (Lipinski definition) is 3. The first-order valence-electron chi connectivity index (χ1n) is 9.60. The predicted molar refractivity (Wildman–Crippen MR) is 91.9 cm³/mol.